The Bertz CT molecular complexity index is 362. The molecule has 0 spiro atoms. The second kappa shape index (κ2) is 6.43. The largest absolute Gasteiger partial charge is 0.469 e. The fraction of sp³-hybridized carbons (Fsp3) is 0.417. The monoisotopic (exact) mass is 240 g/mol. The van der Waals surface area contributed by atoms with Gasteiger partial charge in [0, 0.05) is 22.3 Å². The van der Waals surface area contributed by atoms with Crippen LogP contribution in [0, 0.1) is 5.92 Å². The SMILES string of the molecule is COC(=O)C(C)CS(=O)Cc1ccccc1. The molecule has 0 aliphatic heterocycles. The predicted octanol–water partition coefficient (Wildman–Crippen LogP) is 1.74. The van der Waals surface area contributed by atoms with Crippen LogP contribution in [0.2, 0.25) is 0 Å². The fourth-order valence-corrected chi connectivity index (χ4v) is 2.74. The molecule has 16 heavy (non-hydrogen) atoms. The van der Waals surface area contributed by atoms with Gasteiger partial charge in [0.2, 0.25) is 0 Å². The second-order valence-corrected chi connectivity index (χ2v) is 5.16. The molecule has 2 atom stereocenters. The predicted molar refractivity (Wildman–Crippen MR) is 64.3 cm³/mol. The van der Waals surface area contributed by atoms with E-state index in [4.69, 9.17) is 0 Å². The minimum atomic E-state index is -1.02. The van der Waals surface area contributed by atoms with Crippen LogP contribution in [0.1, 0.15) is 12.5 Å². The summed E-state index contributed by atoms with van der Waals surface area (Å²) in [5.74, 6) is 0.222. The van der Waals surface area contributed by atoms with Crippen molar-refractivity contribution in [1.82, 2.24) is 0 Å². The van der Waals surface area contributed by atoms with Crippen LogP contribution in [0.15, 0.2) is 30.3 Å². The molecule has 1 aromatic rings. The molecule has 0 radical (unpaired) electrons. The molecule has 0 saturated carbocycles. The standard InChI is InChI=1S/C12H16O3S/c1-10(12(13)15-2)8-16(14)9-11-6-4-3-5-7-11/h3-7,10H,8-9H2,1-2H3. The molecule has 0 fully saturated rings. The number of esters is 1. The van der Waals surface area contributed by atoms with Gasteiger partial charge in [0.15, 0.2) is 0 Å². The zero-order chi connectivity index (χ0) is 12.0. The molecule has 1 aromatic carbocycles. The van der Waals surface area contributed by atoms with Crippen molar-refractivity contribution in [2.75, 3.05) is 12.9 Å². The highest BCUT2D eigenvalue weighted by molar-refractivity contribution is 7.84. The Morgan fingerprint density at radius 1 is 1.38 bits per heavy atom. The Morgan fingerprint density at radius 2 is 2.00 bits per heavy atom. The molecule has 2 unspecified atom stereocenters. The van der Waals surface area contributed by atoms with Gasteiger partial charge in [0.25, 0.3) is 0 Å². The lowest BCUT2D eigenvalue weighted by atomic mass is 10.2. The highest BCUT2D eigenvalue weighted by Crippen LogP contribution is 2.07. The van der Waals surface area contributed by atoms with E-state index in [1.54, 1.807) is 6.92 Å². The van der Waals surface area contributed by atoms with Gasteiger partial charge in [0.1, 0.15) is 0 Å². The molecule has 0 aliphatic rings. The summed E-state index contributed by atoms with van der Waals surface area (Å²) in [4.78, 5) is 11.1. The summed E-state index contributed by atoms with van der Waals surface area (Å²) >= 11 is 0. The number of methoxy groups -OCH3 is 1. The molecule has 3 nitrogen and oxygen atoms in total. The van der Waals surface area contributed by atoms with Crippen LogP contribution in [0.4, 0.5) is 0 Å². The third-order valence-electron chi connectivity index (χ3n) is 2.21. The lowest BCUT2D eigenvalue weighted by molar-refractivity contribution is -0.144. The first-order chi connectivity index (χ1) is 7.63. The molecule has 0 aromatic heterocycles. The zero-order valence-corrected chi connectivity index (χ0v) is 10.3. The Morgan fingerprint density at radius 3 is 2.56 bits per heavy atom. The molecule has 0 N–H and O–H groups in total. The van der Waals surface area contributed by atoms with Crippen LogP contribution >= 0.6 is 0 Å². The van der Waals surface area contributed by atoms with Gasteiger partial charge in [-0.3, -0.25) is 9.00 Å². The van der Waals surface area contributed by atoms with E-state index >= 15 is 0 Å². The molecule has 4 heteroatoms. The highest BCUT2D eigenvalue weighted by Gasteiger charge is 2.16. The van der Waals surface area contributed by atoms with Gasteiger partial charge in [0.05, 0.1) is 13.0 Å². The number of benzene rings is 1. The number of carbonyl (C=O) groups excluding carboxylic acids is 1. The lowest BCUT2D eigenvalue weighted by Crippen LogP contribution is -2.20. The smallest absolute Gasteiger partial charge is 0.309 e. The quantitative estimate of drug-likeness (QED) is 0.736. The van der Waals surface area contributed by atoms with Crippen molar-refractivity contribution in [3.05, 3.63) is 35.9 Å². The van der Waals surface area contributed by atoms with Gasteiger partial charge in [-0.05, 0) is 5.56 Å². The second-order valence-electron chi connectivity index (χ2n) is 3.66. The Hall–Kier alpha value is -1.16. The molecule has 0 aliphatic carbocycles. The van der Waals surface area contributed by atoms with Crippen LogP contribution in [-0.2, 0) is 26.1 Å². The van der Waals surface area contributed by atoms with Crippen molar-refractivity contribution in [2.45, 2.75) is 12.7 Å². The maximum atomic E-state index is 11.7. The van der Waals surface area contributed by atoms with Gasteiger partial charge in [-0.15, -0.1) is 0 Å². The zero-order valence-electron chi connectivity index (χ0n) is 9.51. The lowest BCUT2D eigenvalue weighted by Gasteiger charge is -2.08. The minimum absolute atomic E-state index is 0.304. The first kappa shape index (κ1) is 12.9. The van der Waals surface area contributed by atoms with Gasteiger partial charge < -0.3 is 4.74 Å². The van der Waals surface area contributed by atoms with E-state index in [-0.39, 0.29) is 11.9 Å². The van der Waals surface area contributed by atoms with Crippen molar-refractivity contribution in [2.24, 2.45) is 5.92 Å². The first-order valence-corrected chi connectivity index (χ1v) is 6.59. The number of hydrogen-bond donors (Lipinski definition) is 0. The van der Waals surface area contributed by atoms with Crippen LogP contribution in [0.5, 0.6) is 0 Å². The number of hydrogen-bond acceptors (Lipinski definition) is 3. The summed E-state index contributed by atoms with van der Waals surface area (Å²) in [6, 6.07) is 9.61. The minimum Gasteiger partial charge on any atom is -0.469 e. The van der Waals surface area contributed by atoms with Crippen LogP contribution in [0.25, 0.3) is 0 Å². The summed E-state index contributed by atoms with van der Waals surface area (Å²) in [5.41, 5.74) is 1.03. The van der Waals surface area contributed by atoms with Crippen molar-refractivity contribution in [3.63, 3.8) is 0 Å². The third kappa shape index (κ3) is 4.14. The third-order valence-corrected chi connectivity index (χ3v) is 3.74. The average Bonchev–Trinajstić information content (AvgIpc) is 2.29. The summed E-state index contributed by atoms with van der Waals surface area (Å²) in [6.07, 6.45) is 0. The van der Waals surface area contributed by atoms with E-state index in [1.807, 2.05) is 30.3 Å². The fourth-order valence-electron chi connectivity index (χ4n) is 1.37. The molecule has 0 amide bonds. The van der Waals surface area contributed by atoms with Crippen LogP contribution in [0.3, 0.4) is 0 Å². The van der Waals surface area contributed by atoms with E-state index in [2.05, 4.69) is 4.74 Å². The number of ether oxygens (including phenoxy) is 1. The van der Waals surface area contributed by atoms with E-state index in [0.29, 0.717) is 11.5 Å². The van der Waals surface area contributed by atoms with Crippen molar-refractivity contribution in [1.29, 1.82) is 0 Å². The Kier molecular flexibility index (Phi) is 5.19. The van der Waals surface area contributed by atoms with Crippen LogP contribution < -0.4 is 0 Å². The Balaban J connectivity index is 2.45. The molecule has 0 heterocycles. The molecule has 88 valence electrons. The molecule has 0 saturated heterocycles. The van der Waals surface area contributed by atoms with Crippen LogP contribution in [-0.4, -0.2) is 23.0 Å². The summed E-state index contributed by atoms with van der Waals surface area (Å²) < 4.78 is 16.3. The van der Waals surface area contributed by atoms with Crippen molar-refractivity contribution < 1.29 is 13.7 Å². The van der Waals surface area contributed by atoms with Crippen molar-refractivity contribution in [3.8, 4) is 0 Å². The van der Waals surface area contributed by atoms with E-state index in [0.717, 1.165) is 5.56 Å². The maximum Gasteiger partial charge on any atom is 0.309 e. The normalized spacial score (nSPS) is 14.1. The van der Waals surface area contributed by atoms with Crippen molar-refractivity contribution >= 4 is 16.8 Å². The van der Waals surface area contributed by atoms with E-state index < -0.39 is 10.8 Å². The summed E-state index contributed by atoms with van der Waals surface area (Å²) in [6.45, 7) is 1.73. The van der Waals surface area contributed by atoms with E-state index in [1.165, 1.54) is 7.11 Å². The number of carbonyl (C=O) groups is 1. The maximum absolute atomic E-state index is 11.7. The summed E-state index contributed by atoms with van der Waals surface area (Å²) in [7, 11) is 0.322. The number of rotatable bonds is 5. The van der Waals surface area contributed by atoms with Gasteiger partial charge >= 0.3 is 5.97 Å². The molecular formula is C12H16O3S. The van der Waals surface area contributed by atoms with Gasteiger partial charge in [-0.25, -0.2) is 0 Å². The van der Waals surface area contributed by atoms with Gasteiger partial charge in [-0.2, -0.15) is 0 Å². The first-order valence-electron chi connectivity index (χ1n) is 5.10. The van der Waals surface area contributed by atoms with Gasteiger partial charge in [-0.1, -0.05) is 37.3 Å². The summed E-state index contributed by atoms with van der Waals surface area (Å²) in [5, 5.41) is 0. The van der Waals surface area contributed by atoms with E-state index in [9.17, 15) is 9.00 Å². The average molecular weight is 240 g/mol. The highest BCUT2D eigenvalue weighted by atomic mass is 32.2. The topological polar surface area (TPSA) is 43.4 Å². The Labute approximate surface area is 98.3 Å². The molecule has 0 bridgehead atoms. The molecular weight excluding hydrogens is 224 g/mol. The molecule has 1 rings (SSSR count).